The summed E-state index contributed by atoms with van der Waals surface area (Å²) in [5.74, 6) is 0.193. The number of carbonyl (C=O) groups is 1. The molecule has 0 saturated carbocycles. The molecular formula is C13H17ClO. The second-order valence-electron chi connectivity index (χ2n) is 4.62. The number of halogens is 1. The largest absolute Gasteiger partial charge is 0.294 e. The van der Waals surface area contributed by atoms with Crippen molar-refractivity contribution < 1.29 is 4.79 Å². The standard InChI is InChI=1S/C13H17ClO/c1-4-13(2,3)9-12(15)10-5-7-11(14)8-6-10/h5-8H,4,9H2,1-3H3. The van der Waals surface area contributed by atoms with Gasteiger partial charge in [0.05, 0.1) is 0 Å². The van der Waals surface area contributed by atoms with E-state index in [1.807, 2.05) is 0 Å². The minimum atomic E-state index is 0.0801. The number of rotatable bonds is 4. The molecule has 1 aromatic carbocycles. The molecule has 82 valence electrons. The van der Waals surface area contributed by atoms with E-state index < -0.39 is 0 Å². The molecule has 0 atom stereocenters. The maximum absolute atomic E-state index is 11.9. The second-order valence-corrected chi connectivity index (χ2v) is 5.06. The summed E-state index contributed by atoms with van der Waals surface area (Å²) in [5.41, 5.74) is 0.831. The topological polar surface area (TPSA) is 17.1 Å². The van der Waals surface area contributed by atoms with E-state index in [1.165, 1.54) is 0 Å². The van der Waals surface area contributed by atoms with Crippen LogP contribution < -0.4 is 0 Å². The first kappa shape index (κ1) is 12.3. The van der Waals surface area contributed by atoms with Crippen molar-refractivity contribution in [3.05, 3.63) is 34.9 Å². The van der Waals surface area contributed by atoms with Gasteiger partial charge in [0.25, 0.3) is 0 Å². The molecular weight excluding hydrogens is 208 g/mol. The molecule has 0 radical (unpaired) electrons. The Balaban J connectivity index is 2.74. The smallest absolute Gasteiger partial charge is 0.163 e. The minimum absolute atomic E-state index is 0.0801. The van der Waals surface area contributed by atoms with Gasteiger partial charge in [-0.3, -0.25) is 4.79 Å². The fourth-order valence-electron chi connectivity index (χ4n) is 1.30. The van der Waals surface area contributed by atoms with Gasteiger partial charge in [0, 0.05) is 17.0 Å². The van der Waals surface area contributed by atoms with Gasteiger partial charge in [-0.25, -0.2) is 0 Å². The van der Waals surface area contributed by atoms with Gasteiger partial charge >= 0.3 is 0 Å². The summed E-state index contributed by atoms with van der Waals surface area (Å²) in [5, 5.41) is 0.668. The lowest BCUT2D eigenvalue weighted by Gasteiger charge is -2.21. The summed E-state index contributed by atoms with van der Waals surface area (Å²) >= 11 is 5.77. The molecule has 0 unspecified atom stereocenters. The van der Waals surface area contributed by atoms with Crippen LogP contribution in [0.15, 0.2) is 24.3 Å². The Morgan fingerprint density at radius 1 is 1.27 bits per heavy atom. The van der Waals surface area contributed by atoms with Crippen LogP contribution in [0.5, 0.6) is 0 Å². The zero-order chi connectivity index (χ0) is 11.5. The molecule has 2 heteroatoms. The van der Waals surface area contributed by atoms with Crippen molar-refractivity contribution >= 4 is 17.4 Å². The van der Waals surface area contributed by atoms with E-state index in [4.69, 9.17) is 11.6 Å². The first-order valence-corrected chi connectivity index (χ1v) is 5.61. The van der Waals surface area contributed by atoms with Crippen molar-refractivity contribution in [3.63, 3.8) is 0 Å². The minimum Gasteiger partial charge on any atom is -0.294 e. The quantitative estimate of drug-likeness (QED) is 0.695. The van der Waals surface area contributed by atoms with Crippen molar-refractivity contribution in [1.29, 1.82) is 0 Å². The summed E-state index contributed by atoms with van der Waals surface area (Å²) in [6, 6.07) is 7.09. The van der Waals surface area contributed by atoms with Crippen molar-refractivity contribution in [3.8, 4) is 0 Å². The Morgan fingerprint density at radius 3 is 2.27 bits per heavy atom. The highest BCUT2D eigenvalue weighted by Crippen LogP contribution is 2.26. The SMILES string of the molecule is CCC(C)(C)CC(=O)c1ccc(Cl)cc1. The molecule has 0 aliphatic rings. The number of Topliss-reactive ketones (excluding diaryl/α,β-unsaturated/α-hetero) is 1. The molecule has 0 aromatic heterocycles. The molecule has 0 bridgehead atoms. The third-order valence-electron chi connectivity index (χ3n) is 2.76. The zero-order valence-corrected chi connectivity index (χ0v) is 10.3. The van der Waals surface area contributed by atoms with Gasteiger partial charge in [0.2, 0.25) is 0 Å². The van der Waals surface area contributed by atoms with E-state index in [0.717, 1.165) is 12.0 Å². The summed E-state index contributed by atoms with van der Waals surface area (Å²) in [4.78, 5) is 11.9. The lowest BCUT2D eigenvalue weighted by atomic mass is 9.83. The van der Waals surface area contributed by atoms with E-state index in [2.05, 4.69) is 20.8 Å². The van der Waals surface area contributed by atoms with Crippen molar-refractivity contribution in [2.24, 2.45) is 5.41 Å². The predicted octanol–water partition coefficient (Wildman–Crippen LogP) is 4.35. The average Bonchev–Trinajstić information content (AvgIpc) is 2.18. The maximum atomic E-state index is 11.9. The van der Waals surface area contributed by atoms with Crippen molar-refractivity contribution in [1.82, 2.24) is 0 Å². The summed E-state index contributed by atoms with van der Waals surface area (Å²) in [6.45, 7) is 6.33. The molecule has 0 spiro atoms. The average molecular weight is 225 g/mol. The van der Waals surface area contributed by atoms with Crippen LogP contribution >= 0.6 is 11.6 Å². The van der Waals surface area contributed by atoms with Gasteiger partial charge in [-0.2, -0.15) is 0 Å². The maximum Gasteiger partial charge on any atom is 0.163 e. The van der Waals surface area contributed by atoms with Crippen LogP contribution in [-0.4, -0.2) is 5.78 Å². The zero-order valence-electron chi connectivity index (χ0n) is 9.51. The van der Waals surface area contributed by atoms with Gasteiger partial charge in [-0.15, -0.1) is 0 Å². The Kier molecular flexibility index (Phi) is 3.92. The van der Waals surface area contributed by atoms with Gasteiger partial charge in [0.15, 0.2) is 5.78 Å². The second kappa shape index (κ2) is 4.80. The van der Waals surface area contributed by atoms with Crippen LogP contribution in [0.1, 0.15) is 44.0 Å². The van der Waals surface area contributed by atoms with E-state index in [0.29, 0.717) is 11.4 Å². The van der Waals surface area contributed by atoms with Gasteiger partial charge in [0.1, 0.15) is 0 Å². The third-order valence-corrected chi connectivity index (χ3v) is 3.01. The van der Waals surface area contributed by atoms with Gasteiger partial charge in [-0.1, -0.05) is 38.8 Å². The normalized spacial score (nSPS) is 11.5. The number of hydrogen-bond donors (Lipinski definition) is 0. The van der Waals surface area contributed by atoms with E-state index >= 15 is 0 Å². The van der Waals surface area contributed by atoms with Crippen molar-refractivity contribution in [2.75, 3.05) is 0 Å². The molecule has 15 heavy (non-hydrogen) atoms. The highest BCUT2D eigenvalue weighted by atomic mass is 35.5. The van der Waals surface area contributed by atoms with Crippen LogP contribution in [0.3, 0.4) is 0 Å². The molecule has 0 saturated heterocycles. The highest BCUT2D eigenvalue weighted by molar-refractivity contribution is 6.30. The predicted molar refractivity (Wildman–Crippen MR) is 64.5 cm³/mol. The molecule has 1 aromatic rings. The van der Waals surface area contributed by atoms with Crippen LogP contribution in [0, 0.1) is 5.41 Å². The van der Waals surface area contributed by atoms with Crippen LogP contribution in [0.25, 0.3) is 0 Å². The summed E-state index contributed by atoms with van der Waals surface area (Å²) in [6.07, 6.45) is 1.59. The third kappa shape index (κ3) is 3.67. The van der Waals surface area contributed by atoms with Crippen LogP contribution in [0.4, 0.5) is 0 Å². The molecule has 0 N–H and O–H groups in total. The molecule has 0 aliphatic heterocycles. The number of ketones is 1. The first-order chi connectivity index (χ1) is 6.94. The monoisotopic (exact) mass is 224 g/mol. The van der Waals surface area contributed by atoms with E-state index in [9.17, 15) is 4.79 Å². The molecule has 0 fully saturated rings. The first-order valence-electron chi connectivity index (χ1n) is 5.23. The molecule has 0 amide bonds. The van der Waals surface area contributed by atoms with Crippen molar-refractivity contribution in [2.45, 2.75) is 33.6 Å². The Hall–Kier alpha value is -0.820. The molecule has 1 rings (SSSR count). The fourth-order valence-corrected chi connectivity index (χ4v) is 1.42. The molecule has 0 aliphatic carbocycles. The van der Waals surface area contributed by atoms with E-state index in [-0.39, 0.29) is 11.2 Å². The fraction of sp³-hybridized carbons (Fsp3) is 0.462. The Labute approximate surface area is 96.5 Å². The van der Waals surface area contributed by atoms with Gasteiger partial charge < -0.3 is 0 Å². The summed E-state index contributed by atoms with van der Waals surface area (Å²) < 4.78 is 0. The molecule has 0 heterocycles. The van der Waals surface area contributed by atoms with E-state index in [1.54, 1.807) is 24.3 Å². The lowest BCUT2D eigenvalue weighted by molar-refractivity contribution is 0.0928. The molecule has 1 nitrogen and oxygen atoms in total. The summed E-state index contributed by atoms with van der Waals surface area (Å²) in [7, 11) is 0. The van der Waals surface area contributed by atoms with Crippen LogP contribution in [0.2, 0.25) is 5.02 Å². The number of benzene rings is 1. The highest BCUT2D eigenvalue weighted by Gasteiger charge is 2.20. The Bertz CT molecular complexity index is 338. The Morgan fingerprint density at radius 2 is 1.80 bits per heavy atom. The van der Waals surface area contributed by atoms with Gasteiger partial charge in [-0.05, 0) is 29.7 Å². The number of hydrogen-bond acceptors (Lipinski definition) is 1. The van der Waals surface area contributed by atoms with Crippen LogP contribution in [-0.2, 0) is 0 Å². The lowest BCUT2D eigenvalue weighted by Crippen LogP contribution is -2.16. The number of carbonyl (C=O) groups excluding carboxylic acids is 1.